The smallest absolute Gasteiger partial charge is 0.220 e. The molecule has 0 saturated carbocycles. The fourth-order valence-electron chi connectivity index (χ4n) is 3.22. The number of hydrogen-bond acceptors (Lipinski definition) is 5. The molecular weight excluding hydrogens is 426 g/mol. The Morgan fingerprint density at radius 2 is 1.72 bits per heavy atom. The van der Waals surface area contributed by atoms with Gasteiger partial charge in [0.15, 0.2) is 11.7 Å². The van der Waals surface area contributed by atoms with Crippen LogP contribution in [0.5, 0.6) is 0 Å². The Hall–Kier alpha value is -2.97. The van der Waals surface area contributed by atoms with Crippen molar-refractivity contribution in [2.45, 2.75) is 51.4 Å². The van der Waals surface area contributed by atoms with Crippen molar-refractivity contribution in [1.29, 1.82) is 0 Å². The Morgan fingerprint density at radius 1 is 1.03 bits per heavy atom. The van der Waals surface area contributed by atoms with Gasteiger partial charge in [0.2, 0.25) is 15.9 Å². The third-order valence-corrected chi connectivity index (χ3v) is 6.23. The fraction of sp³-hybridized carbons (Fsp3) is 0.333. The largest absolute Gasteiger partial charge is 0.441 e. The van der Waals surface area contributed by atoms with Crippen LogP contribution in [0, 0.1) is 0 Å². The van der Waals surface area contributed by atoms with Crippen molar-refractivity contribution in [3.8, 4) is 11.3 Å². The molecule has 0 fully saturated rings. The van der Waals surface area contributed by atoms with Crippen LogP contribution in [0.1, 0.15) is 43.7 Å². The van der Waals surface area contributed by atoms with Gasteiger partial charge in [0.25, 0.3) is 0 Å². The Morgan fingerprint density at radius 3 is 2.41 bits per heavy atom. The van der Waals surface area contributed by atoms with Crippen LogP contribution in [0.25, 0.3) is 11.3 Å². The lowest BCUT2D eigenvalue weighted by Gasteiger charge is -2.10. The maximum absolute atomic E-state index is 12.1. The topological polar surface area (TPSA) is 101 Å². The van der Waals surface area contributed by atoms with Crippen molar-refractivity contribution in [2.75, 3.05) is 0 Å². The lowest BCUT2D eigenvalue weighted by molar-refractivity contribution is -0.121. The first kappa shape index (κ1) is 23.7. The maximum atomic E-state index is 12.1. The van der Waals surface area contributed by atoms with Crippen LogP contribution in [0.2, 0.25) is 0 Å². The van der Waals surface area contributed by atoms with Crippen LogP contribution in [0.3, 0.4) is 0 Å². The van der Waals surface area contributed by atoms with E-state index in [0.717, 1.165) is 16.9 Å². The lowest BCUT2D eigenvalue weighted by Crippen LogP contribution is -2.31. The predicted molar refractivity (Wildman–Crippen MR) is 124 cm³/mol. The van der Waals surface area contributed by atoms with Gasteiger partial charge in [-0.15, -0.1) is 0 Å². The number of nitrogens with one attached hydrogen (secondary N) is 2. The molecule has 3 rings (SSSR count). The molecule has 0 radical (unpaired) electrons. The molecule has 32 heavy (non-hydrogen) atoms. The first-order valence-corrected chi connectivity index (χ1v) is 12.3. The minimum atomic E-state index is -3.35. The minimum absolute atomic E-state index is 0.0485. The average Bonchev–Trinajstić information content (AvgIpc) is 3.21. The second-order valence-electron chi connectivity index (χ2n) is 7.96. The van der Waals surface area contributed by atoms with E-state index in [1.165, 1.54) is 0 Å². The highest BCUT2D eigenvalue weighted by Crippen LogP contribution is 2.20. The SMILES string of the molecule is CC(C)NS(=O)(=O)Cc1ccc(CNC(=O)CCCc2ncc(-c3ccccc3)o2)cc1. The molecule has 0 atom stereocenters. The summed E-state index contributed by atoms with van der Waals surface area (Å²) in [6, 6.07) is 16.8. The molecule has 1 amide bonds. The van der Waals surface area contributed by atoms with Crippen molar-refractivity contribution < 1.29 is 17.6 Å². The average molecular weight is 456 g/mol. The number of carbonyl (C=O) groups is 1. The van der Waals surface area contributed by atoms with Gasteiger partial charge in [0.1, 0.15) is 0 Å². The van der Waals surface area contributed by atoms with Gasteiger partial charge in [-0.2, -0.15) is 0 Å². The van der Waals surface area contributed by atoms with E-state index in [1.807, 2.05) is 42.5 Å². The summed E-state index contributed by atoms with van der Waals surface area (Å²) in [5.74, 6) is 1.23. The second kappa shape index (κ2) is 11.1. The predicted octanol–water partition coefficient (Wildman–Crippen LogP) is 3.81. The third-order valence-electron chi connectivity index (χ3n) is 4.69. The molecule has 2 N–H and O–H groups in total. The van der Waals surface area contributed by atoms with Crippen LogP contribution in [0.4, 0.5) is 0 Å². The monoisotopic (exact) mass is 455 g/mol. The summed E-state index contributed by atoms with van der Waals surface area (Å²) in [6.45, 7) is 3.97. The lowest BCUT2D eigenvalue weighted by atomic mass is 10.1. The first-order chi connectivity index (χ1) is 15.3. The number of benzene rings is 2. The number of aryl methyl sites for hydroxylation is 1. The number of amides is 1. The van der Waals surface area contributed by atoms with Gasteiger partial charge < -0.3 is 9.73 Å². The zero-order valence-electron chi connectivity index (χ0n) is 18.4. The standard InChI is InChI=1S/C24H29N3O4S/c1-18(2)27-32(29,30)17-20-13-11-19(12-14-20)15-25-23(28)9-6-10-24-26-16-22(31-24)21-7-4-3-5-8-21/h3-5,7-8,11-14,16,18,27H,6,9-10,15,17H2,1-2H3,(H,25,28). The number of hydrogen-bond donors (Lipinski definition) is 2. The first-order valence-electron chi connectivity index (χ1n) is 10.7. The summed E-state index contributed by atoms with van der Waals surface area (Å²) in [7, 11) is -3.35. The van der Waals surface area contributed by atoms with E-state index in [1.54, 1.807) is 32.2 Å². The van der Waals surface area contributed by atoms with Crippen LogP contribution in [0.15, 0.2) is 65.2 Å². The van der Waals surface area contributed by atoms with E-state index in [-0.39, 0.29) is 17.7 Å². The van der Waals surface area contributed by atoms with Crippen LogP contribution in [-0.2, 0) is 33.5 Å². The number of sulfonamides is 1. The molecule has 0 aliphatic carbocycles. The maximum Gasteiger partial charge on any atom is 0.220 e. The number of aromatic nitrogens is 1. The van der Waals surface area contributed by atoms with Crippen molar-refractivity contribution in [3.05, 3.63) is 77.8 Å². The van der Waals surface area contributed by atoms with E-state index in [0.29, 0.717) is 37.3 Å². The molecule has 3 aromatic rings. The molecule has 0 bridgehead atoms. The summed E-state index contributed by atoms with van der Waals surface area (Å²) in [6.07, 6.45) is 3.31. The Balaban J connectivity index is 1.39. The summed E-state index contributed by atoms with van der Waals surface area (Å²) in [5, 5.41) is 2.89. The van der Waals surface area contributed by atoms with E-state index >= 15 is 0 Å². The Labute approximate surface area is 189 Å². The van der Waals surface area contributed by atoms with Crippen LogP contribution < -0.4 is 10.0 Å². The van der Waals surface area contributed by atoms with Crippen molar-refractivity contribution >= 4 is 15.9 Å². The van der Waals surface area contributed by atoms with Gasteiger partial charge in [-0.3, -0.25) is 4.79 Å². The molecule has 0 saturated heterocycles. The Bertz CT molecular complexity index is 1110. The summed E-state index contributed by atoms with van der Waals surface area (Å²) in [4.78, 5) is 16.4. The molecule has 1 heterocycles. The van der Waals surface area contributed by atoms with Gasteiger partial charge in [0, 0.05) is 31.0 Å². The van der Waals surface area contributed by atoms with Crippen molar-refractivity contribution in [3.63, 3.8) is 0 Å². The van der Waals surface area contributed by atoms with Gasteiger partial charge in [-0.05, 0) is 31.4 Å². The zero-order valence-corrected chi connectivity index (χ0v) is 19.2. The molecule has 1 aromatic heterocycles. The summed E-state index contributed by atoms with van der Waals surface area (Å²) < 4.78 is 32.3. The second-order valence-corrected chi connectivity index (χ2v) is 9.72. The minimum Gasteiger partial charge on any atom is -0.441 e. The molecular formula is C24H29N3O4S. The highest BCUT2D eigenvalue weighted by molar-refractivity contribution is 7.88. The van der Waals surface area contributed by atoms with Gasteiger partial charge >= 0.3 is 0 Å². The van der Waals surface area contributed by atoms with Crippen molar-refractivity contribution in [1.82, 2.24) is 15.0 Å². The molecule has 0 aliphatic heterocycles. The van der Waals surface area contributed by atoms with E-state index in [2.05, 4.69) is 15.0 Å². The quantitative estimate of drug-likeness (QED) is 0.458. The van der Waals surface area contributed by atoms with Crippen LogP contribution >= 0.6 is 0 Å². The number of nitrogens with zero attached hydrogens (tertiary/aromatic N) is 1. The van der Waals surface area contributed by atoms with E-state index in [4.69, 9.17) is 4.42 Å². The fourth-order valence-corrected chi connectivity index (χ4v) is 4.66. The summed E-state index contributed by atoms with van der Waals surface area (Å²) >= 11 is 0. The highest BCUT2D eigenvalue weighted by atomic mass is 32.2. The highest BCUT2D eigenvalue weighted by Gasteiger charge is 2.13. The molecule has 0 unspecified atom stereocenters. The molecule has 0 spiro atoms. The zero-order chi connectivity index (χ0) is 23.0. The van der Waals surface area contributed by atoms with E-state index in [9.17, 15) is 13.2 Å². The van der Waals surface area contributed by atoms with Crippen LogP contribution in [-0.4, -0.2) is 25.4 Å². The molecule has 8 heteroatoms. The Kier molecular flexibility index (Phi) is 8.19. The number of oxazole rings is 1. The van der Waals surface area contributed by atoms with Crippen molar-refractivity contribution in [2.24, 2.45) is 0 Å². The van der Waals surface area contributed by atoms with Gasteiger partial charge in [-0.1, -0.05) is 54.6 Å². The third kappa shape index (κ3) is 7.62. The van der Waals surface area contributed by atoms with Gasteiger partial charge in [-0.25, -0.2) is 18.1 Å². The van der Waals surface area contributed by atoms with E-state index < -0.39 is 10.0 Å². The van der Waals surface area contributed by atoms with Gasteiger partial charge in [0.05, 0.1) is 11.9 Å². The number of carbonyl (C=O) groups excluding carboxylic acids is 1. The normalized spacial score (nSPS) is 11.6. The molecule has 170 valence electrons. The molecule has 2 aromatic carbocycles. The molecule has 0 aliphatic rings. The number of rotatable bonds is 11. The molecule has 7 nitrogen and oxygen atoms in total. The summed E-state index contributed by atoms with van der Waals surface area (Å²) in [5.41, 5.74) is 2.59.